The Labute approximate surface area is 271 Å². The van der Waals surface area contributed by atoms with E-state index in [0.717, 1.165) is 6.07 Å². The number of carbonyl (C=O) groups is 4. The van der Waals surface area contributed by atoms with Crippen molar-refractivity contribution >= 4 is 29.6 Å². The molecule has 0 saturated heterocycles. The monoisotopic (exact) mass is 629 g/mol. The maximum atomic E-state index is 13.8. The van der Waals surface area contributed by atoms with E-state index in [9.17, 15) is 19.2 Å². The van der Waals surface area contributed by atoms with Crippen molar-refractivity contribution in [2.45, 2.75) is 26.4 Å². The lowest BCUT2D eigenvalue weighted by atomic mass is 9.94. The standard InChI is InChI=1S/C38H31NO8/c39-34-31(36(41)45-23-27-15-7-2-8-16-27)21-30(35(40)44-22-26-13-5-1-6-14-26)32(37(42)46-24-28-17-9-3-10-18-28)33(34)38(43)47-25-29-19-11-4-12-20-29/h1-21H,22-25,39H2. The summed E-state index contributed by atoms with van der Waals surface area (Å²) >= 11 is 0. The van der Waals surface area contributed by atoms with E-state index in [-0.39, 0.29) is 32.0 Å². The lowest BCUT2D eigenvalue weighted by molar-refractivity contribution is 0.0403. The predicted molar refractivity (Wildman–Crippen MR) is 173 cm³/mol. The summed E-state index contributed by atoms with van der Waals surface area (Å²) in [6, 6.07) is 36.6. The number of hydrogen-bond acceptors (Lipinski definition) is 9. The first-order valence-electron chi connectivity index (χ1n) is 14.7. The molecule has 0 aliphatic rings. The molecule has 0 aliphatic carbocycles. The van der Waals surface area contributed by atoms with Gasteiger partial charge in [0.15, 0.2) is 0 Å². The second-order valence-corrected chi connectivity index (χ2v) is 10.4. The highest BCUT2D eigenvalue weighted by atomic mass is 16.5. The van der Waals surface area contributed by atoms with E-state index in [1.807, 2.05) is 24.3 Å². The van der Waals surface area contributed by atoms with Crippen LogP contribution < -0.4 is 5.73 Å². The van der Waals surface area contributed by atoms with Crippen LogP contribution in [0.25, 0.3) is 0 Å². The van der Waals surface area contributed by atoms with Crippen molar-refractivity contribution in [2.24, 2.45) is 0 Å². The van der Waals surface area contributed by atoms with E-state index in [2.05, 4.69) is 0 Å². The summed E-state index contributed by atoms with van der Waals surface area (Å²) in [5, 5.41) is 0. The molecule has 5 rings (SSSR count). The summed E-state index contributed by atoms with van der Waals surface area (Å²) in [4.78, 5) is 54.6. The van der Waals surface area contributed by atoms with Crippen LogP contribution in [0.1, 0.15) is 63.7 Å². The van der Waals surface area contributed by atoms with Crippen molar-refractivity contribution in [3.05, 3.63) is 172 Å². The van der Waals surface area contributed by atoms with Gasteiger partial charge in [0.05, 0.1) is 27.9 Å². The van der Waals surface area contributed by atoms with Crippen LogP contribution in [0.2, 0.25) is 0 Å². The van der Waals surface area contributed by atoms with E-state index < -0.39 is 46.3 Å². The maximum absolute atomic E-state index is 13.8. The molecular formula is C38H31NO8. The molecule has 5 aromatic carbocycles. The molecule has 0 heterocycles. The summed E-state index contributed by atoms with van der Waals surface area (Å²) in [6.45, 7) is -0.600. The summed E-state index contributed by atoms with van der Waals surface area (Å²) in [5.74, 6) is -4.00. The van der Waals surface area contributed by atoms with E-state index in [1.165, 1.54) is 0 Å². The Morgan fingerprint density at radius 3 is 1.06 bits per heavy atom. The fourth-order valence-corrected chi connectivity index (χ4v) is 4.64. The number of nitrogens with two attached hydrogens (primary N) is 1. The number of rotatable bonds is 12. The van der Waals surface area contributed by atoms with Gasteiger partial charge in [-0.15, -0.1) is 0 Å². The summed E-state index contributed by atoms with van der Waals surface area (Å²) < 4.78 is 22.1. The highest BCUT2D eigenvalue weighted by Crippen LogP contribution is 2.30. The molecule has 0 fully saturated rings. The molecule has 0 radical (unpaired) electrons. The average molecular weight is 630 g/mol. The van der Waals surface area contributed by atoms with Crippen LogP contribution in [0.4, 0.5) is 5.69 Å². The van der Waals surface area contributed by atoms with Gasteiger partial charge in [0.25, 0.3) is 0 Å². The molecule has 236 valence electrons. The van der Waals surface area contributed by atoms with Gasteiger partial charge in [-0.2, -0.15) is 0 Å². The van der Waals surface area contributed by atoms with Crippen molar-refractivity contribution in [2.75, 3.05) is 5.73 Å². The largest absolute Gasteiger partial charge is 0.457 e. The first kappa shape index (κ1) is 32.2. The van der Waals surface area contributed by atoms with Gasteiger partial charge in [-0.3, -0.25) is 0 Å². The van der Waals surface area contributed by atoms with Crippen molar-refractivity contribution in [1.82, 2.24) is 0 Å². The number of benzene rings is 5. The Morgan fingerprint density at radius 1 is 0.404 bits per heavy atom. The molecule has 0 saturated carbocycles. The topological polar surface area (TPSA) is 131 Å². The van der Waals surface area contributed by atoms with Crippen LogP contribution in [0.3, 0.4) is 0 Å². The predicted octanol–water partition coefficient (Wildman–Crippen LogP) is 6.70. The zero-order chi connectivity index (χ0) is 33.0. The molecular weight excluding hydrogens is 598 g/mol. The normalized spacial score (nSPS) is 10.5. The van der Waals surface area contributed by atoms with Gasteiger partial charge in [0.2, 0.25) is 0 Å². The van der Waals surface area contributed by atoms with E-state index in [1.54, 1.807) is 97.1 Å². The van der Waals surface area contributed by atoms with Gasteiger partial charge in [-0.1, -0.05) is 121 Å². The van der Waals surface area contributed by atoms with Crippen LogP contribution in [0, 0.1) is 0 Å². The molecule has 0 unspecified atom stereocenters. The third-order valence-electron chi connectivity index (χ3n) is 7.07. The molecule has 5 aromatic rings. The Bertz CT molecular complexity index is 1840. The number of esters is 4. The lowest BCUT2D eigenvalue weighted by Gasteiger charge is -2.18. The molecule has 9 heteroatoms. The third-order valence-corrected chi connectivity index (χ3v) is 7.07. The first-order chi connectivity index (χ1) is 22.9. The average Bonchev–Trinajstić information content (AvgIpc) is 3.12. The summed E-state index contributed by atoms with van der Waals surface area (Å²) in [6.07, 6.45) is 0. The lowest BCUT2D eigenvalue weighted by Crippen LogP contribution is -2.24. The van der Waals surface area contributed by atoms with Crippen LogP contribution >= 0.6 is 0 Å². The Hall–Kier alpha value is -6.22. The second-order valence-electron chi connectivity index (χ2n) is 10.4. The molecule has 2 N–H and O–H groups in total. The zero-order valence-corrected chi connectivity index (χ0v) is 25.3. The fourth-order valence-electron chi connectivity index (χ4n) is 4.64. The van der Waals surface area contributed by atoms with Gasteiger partial charge < -0.3 is 24.7 Å². The van der Waals surface area contributed by atoms with Crippen molar-refractivity contribution < 1.29 is 38.1 Å². The SMILES string of the molecule is Nc1c(C(=O)OCc2ccccc2)cc(C(=O)OCc2ccccc2)c(C(=O)OCc2ccccc2)c1C(=O)OCc1ccccc1. The van der Waals surface area contributed by atoms with Gasteiger partial charge in [-0.25, -0.2) is 19.2 Å². The van der Waals surface area contributed by atoms with E-state index in [4.69, 9.17) is 24.7 Å². The van der Waals surface area contributed by atoms with Crippen molar-refractivity contribution in [3.63, 3.8) is 0 Å². The zero-order valence-electron chi connectivity index (χ0n) is 25.3. The molecule has 0 bridgehead atoms. The second kappa shape index (κ2) is 15.7. The Morgan fingerprint density at radius 2 is 0.702 bits per heavy atom. The molecule has 0 spiro atoms. The third kappa shape index (κ3) is 8.49. The number of carbonyl (C=O) groups excluding carboxylic acids is 4. The minimum absolute atomic E-state index is 0.110. The highest BCUT2D eigenvalue weighted by molar-refractivity contribution is 6.16. The van der Waals surface area contributed by atoms with Crippen LogP contribution in [-0.4, -0.2) is 23.9 Å². The maximum Gasteiger partial charge on any atom is 0.341 e. The van der Waals surface area contributed by atoms with Gasteiger partial charge in [-0.05, 0) is 28.3 Å². The molecule has 0 aromatic heterocycles. The Kier molecular flexibility index (Phi) is 10.7. The van der Waals surface area contributed by atoms with E-state index in [0.29, 0.717) is 22.3 Å². The van der Waals surface area contributed by atoms with Crippen molar-refractivity contribution in [1.29, 1.82) is 0 Å². The van der Waals surface area contributed by atoms with E-state index >= 15 is 0 Å². The number of hydrogen-bond donors (Lipinski definition) is 1. The van der Waals surface area contributed by atoms with Crippen LogP contribution in [-0.2, 0) is 45.4 Å². The summed E-state index contributed by atoms with van der Waals surface area (Å²) in [7, 11) is 0. The fraction of sp³-hybridized carbons (Fsp3) is 0.105. The van der Waals surface area contributed by atoms with Gasteiger partial charge in [0.1, 0.15) is 26.4 Å². The number of nitrogen functional groups attached to an aromatic ring is 1. The minimum atomic E-state index is -1.05. The number of anilines is 1. The van der Waals surface area contributed by atoms with Crippen LogP contribution in [0.5, 0.6) is 0 Å². The van der Waals surface area contributed by atoms with Crippen molar-refractivity contribution in [3.8, 4) is 0 Å². The molecule has 47 heavy (non-hydrogen) atoms. The Balaban J connectivity index is 1.55. The molecule has 0 aliphatic heterocycles. The molecule has 0 amide bonds. The molecule has 9 nitrogen and oxygen atoms in total. The minimum Gasteiger partial charge on any atom is -0.457 e. The summed E-state index contributed by atoms with van der Waals surface area (Å²) in [5.41, 5.74) is 6.99. The number of ether oxygens (including phenoxy) is 4. The first-order valence-corrected chi connectivity index (χ1v) is 14.7. The van der Waals surface area contributed by atoms with Crippen LogP contribution in [0.15, 0.2) is 127 Å². The quantitative estimate of drug-likeness (QED) is 0.0910. The van der Waals surface area contributed by atoms with Gasteiger partial charge >= 0.3 is 23.9 Å². The van der Waals surface area contributed by atoms with Gasteiger partial charge in [0, 0.05) is 0 Å². The highest BCUT2D eigenvalue weighted by Gasteiger charge is 2.34. The molecule has 0 atom stereocenters. The smallest absolute Gasteiger partial charge is 0.341 e.